The number of hydrogen-bond donors (Lipinski definition) is 1. The van der Waals surface area contributed by atoms with Crippen molar-refractivity contribution in [2.75, 3.05) is 6.54 Å². The number of hydrogen-bond acceptors (Lipinski definition) is 2. The fourth-order valence-electron chi connectivity index (χ4n) is 1.87. The van der Waals surface area contributed by atoms with Crippen molar-refractivity contribution in [3.63, 3.8) is 0 Å². The number of carbonyl (C=O) groups is 1. The van der Waals surface area contributed by atoms with E-state index in [0.717, 1.165) is 37.8 Å². The molecule has 0 aliphatic heterocycles. The normalized spacial score (nSPS) is 12.4. The minimum atomic E-state index is -0.0195. The molecule has 17 heavy (non-hydrogen) atoms. The number of unbranched alkanes of at least 4 members (excludes halogenated alkanes) is 1. The Bertz CT molecular complexity index is 321. The van der Waals surface area contributed by atoms with Gasteiger partial charge in [-0.25, -0.2) is 0 Å². The predicted molar refractivity (Wildman–Crippen MR) is 72.4 cm³/mol. The second-order valence-electron chi connectivity index (χ2n) is 4.38. The van der Waals surface area contributed by atoms with Gasteiger partial charge in [0, 0.05) is 5.56 Å². The summed E-state index contributed by atoms with van der Waals surface area (Å²) < 4.78 is 0. The summed E-state index contributed by atoms with van der Waals surface area (Å²) in [5, 5.41) is 3.37. The zero-order chi connectivity index (χ0) is 12.5. The Morgan fingerprint density at radius 2 is 1.88 bits per heavy atom. The van der Waals surface area contributed by atoms with E-state index < -0.39 is 0 Å². The Kier molecular flexibility index (Phi) is 6.56. The molecule has 1 atom stereocenters. The van der Waals surface area contributed by atoms with Crippen molar-refractivity contribution >= 4 is 5.78 Å². The van der Waals surface area contributed by atoms with E-state index in [1.54, 1.807) is 0 Å². The molecule has 0 heterocycles. The molecule has 0 aliphatic carbocycles. The quantitative estimate of drug-likeness (QED) is 0.550. The molecule has 0 bridgehead atoms. The van der Waals surface area contributed by atoms with E-state index in [4.69, 9.17) is 0 Å². The zero-order valence-electron chi connectivity index (χ0n) is 10.9. The maximum Gasteiger partial charge on any atom is 0.179 e. The van der Waals surface area contributed by atoms with Crippen LogP contribution in [-0.4, -0.2) is 18.4 Å². The lowest BCUT2D eigenvalue weighted by atomic mass is 10.0. The van der Waals surface area contributed by atoms with Crippen LogP contribution in [0.4, 0.5) is 0 Å². The Morgan fingerprint density at radius 3 is 2.47 bits per heavy atom. The lowest BCUT2D eigenvalue weighted by Crippen LogP contribution is -2.37. The molecule has 0 radical (unpaired) electrons. The Labute approximate surface area is 104 Å². The number of nitrogens with one attached hydrogen (secondary N) is 1. The van der Waals surface area contributed by atoms with Crippen molar-refractivity contribution in [1.82, 2.24) is 5.32 Å². The SMILES string of the molecule is CCCCNC(CCC)C(=O)c1ccccc1. The van der Waals surface area contributed by atoms with Crippen LogP contribution in [0.3, 0.4) is 0 Å². The molecule has 0 saturated carbocycles. The fourth-order valence-corrected chi connectivity index (χ4v) is 1.87. The van der Waals surface area contributed by atoms with E-state index in [1.165, 1.54) is 0 Å². The van der Waals surface area contributed by atoms with Gasteiger partial charge < -0.3 is 5.32 Å². The third kappa shape index (κ3) is 4.70. The molecule has 1 aromatic rings. The maximum atomic E-state index is 12.3. The van der Waals surface area contributed by atoms with Crippen LogP contribution in [0, 0.1) is 0 Å². The van der Waals surface area contributed by atoms with Crippen LogP contribution in [0.5, 0.6) is 0 Å². The van der Waals surface area contributed by atoms with Crippen LogP contribution in [0.25, 0.3) is 0 Å². The van der Waals surface area contributed by atoms with Crippen molar-refractivity contribution in [2.45, 2.75) is 45.6 Å². The molecule has 2 nitrogen and oxygen atoms in total. The highest BCUT2D eigenvalue weighted by Crippen LogP contribution is 2.08. The van der Waals surface area contributed by atoms with Crippen LogP contribution in [0.1, 0.15) is 49.9 Å². The van der Waals surface area contributed by atoms with Crippen molar-refractivity contribution in [3.05, 3.63) is 35.9 Å². The van der Waals surface area contributed by atoms with Gasteiger partial charge in [-0.2, -0.15) is 0 Å². The van der Waals surface area contributed by atoms with Gasteiger partial charge in [-0.15, -0.1) is 0 Å². The molecule has 0 aromatic heterocycles. The van der Waals surface area contributed by atoms with Crippen LogP contribution < -0.4 is 5.32 Å². The standard InChI is InChI=1S/C15H23NO/c1-3-5-12-16-14(9-4-2)15(17)13-10-7-6-8-11-13/h6-8,10-11,14,16H,3-5,9,12H2,1-2H3. The van der Waals surface area contributed by atoms with Gasteiger partial charge in [0.05, 0.1) is 6.04 Å². The molecule has 0 saturated heterocycles. The first-order valence-corrected chi connectivity index (χ1v) is 6.62. The van der Waals surface area contributed by atoms with E-state index in [0.29, 0.717) is 0 Å². The van der Waals surface area contributed by atoms with Gasteiger partial charge in [0.2, 0.25) is 0 Å². The molecule has 1 rings (SSSR count). The second kappa shape index (κ2) is 8.02. The maximum absolute atomic E-state index is 12.3. The van der Waals surface area contributed by atoms with Crippen LogP contribution in [0.2, 0.25) is 0 Å². The van der Waals surface area contributed by atoms with Gasteiger partial charge in [-0.05, 0) is 19.4 Å². The highest BCUT2D eigenvalue weighted by atomic mass is 16.1. The highest BCUT2D eigenvalue weighted by Gasteiger charge is 2.17. The second-order valence-corrected chi connectivity index (χ2v) is 4.38. The number of carbonyl (C=O) groups excluding carboxylic acids is 1. The number of Topliss-reactive ketones (excluding diaryl/α,β-unsaturated/α-hetero) is 1. The van der Waals surface area contributed by atoms with Crippen molar-refractivity contribution in [2.24, 2.45) is 0 Å². The molecule has 2 heteroatoms. The molecular formula is C15H23NO. The monoisotopic (exact) mass is 233 g/mol. The van der Waals surface area contributed by atoms with E-state index in [-0.39, 0.29) is 11.8 Å². The first-order chi connectivity index (χ1) is 8.29. The summed E-state index contributed by atoms with van der Waals surface area (Å²) in [6, 6.07) is 9.55. The number of benzene rings is 1. The van der Waals surface area contributed by atoms with Crippen LogP contribution in [0.15, 0.2) is 30.3 Å². The molecule has 1 N–H and O–H groups in total. The molecule has 0 amide bonds. The van der Waals surface area contributed by atoms with Crippen LogP contribution in [-0.2, 0) is 0 Å². The summed E-state index contributed by atoms with van der Waals surface area (Å²) in [6.07, 6.45) is 4.23. The third-order valence-corrected chi connectivity index (χ3v) is 2.87. The predicted octanol–water partition coefficient (Wildman–Crippen LogP) is 3.43. The van der Waals surface area contributed by atoms with E-state index in [1.807, 2.05) is 30.3 Å². The van der Waals surface area contributed by atoms with Crippen molar-refractivity contribution in [3.8, 4) is 0 Å². The Morgan fingerprint density at radius 1 is 1.18 bits per heavy atom. The molecular weight excluding hydrogens is 210 g/mol. The van der Waals surface area contributed by atoms with Crippen molar-refractivity contribution in [1.29, 1.82) is 0 Å². The average molecular weight is 233 g/mol. The Balaban J connectivity index is 2.60. The summed E-state index contributed by atoms with van der Waals surface area (Å²) in [7, 11) is 0. The summed E-state index contributed by atoms with van der Waals surface area (Å²) in [4.78, 5) is 12.3. The van der Waals surface area contributed by atoms with E-state index in [9.17, 15) is 4.79 Å². The van der Waals surface area contributed by atoms with Gasteiger partial charge in [0.25, 0.3) is 0 Å². The van der Waals surface area contributed by atoms with Gasteiger partial charge in [-0.3, -0.25) is 4.79 Å². The molecule has 0 fully saturated rings. The summed E-state index contributed by atoms with van der Waals surface area (Å²) in [5.41, 5.74) is 0.815. The van der Waals surface area contributed by atoms with Gasteiger partial charge in [0.1, 0.15) is 0 Å². The van der Waals surface area contributed by atoms with E-state index >= 15 is 0 Å². The fraction of sp³-hybridized carbons (Fsp3) is 0.533. The molecule has 1 unspecified atom stereocenters. The Hall–Kier alpha value is -1.15. The largest absolute Gasteiger partial charge is 0.307 e. The summed E-state index contributed by atoms with van der Waals surface area (Å²) in [5.74, 6) is 0.226. The van der Waals surface area contributed by atoms with Gasteiger partial charge in [-0.1, -0.05) is 57.0 Å². The minimum absolute atomic E-state index is 0.0195. The number of rotatable bonds is 8. The lowest BCUT2D eigenvalue weighted by molar-refractivity contribution is 0.0937. The highest BCUT2D eigenvalue weighted by molar-refractivity contribution is 6.00. The zero-order valence-corrected chi connectivity index (χ0v) is 10.9. The van der Waals surface area contributed by atoms with Gasteiger partial charge in [0.15, 0.2) is 5.78 Å². The molecule has 0 aliphatic rings. The minimum Gasteiger partial charge on any atom is -0.307 e. The lowest BCUT2D eigenvalue weighted by Gasteiger charge is -2.16. The molecule has 0 spiro atoms. The van der Waals surface area contributed by atoms with Crippen LogP contribution >= 0.6 is 0 Å². The van der Waals surface area contributed by atoms with Crippen molar-refractivity contribution < 1.29 is 4.79 Å². The average Bonchev–Trinajstić information content (AvgIpc) is 2.38. The molecule has 1 aromatic carbocycles. The van der Waals surface area contributed by atoms with E-state index in [2.05, 4.69) is 19.2 Å². The third-order valence-electron chi connectivity index (χ3n) is 2.87. The smallest absolute Gasteiger partial charge is 0.179 e. The number of ketones is 1. The molecule has 94 valence electrons. The first kappa shape index (κ1) is 13.9. The summed E-state index contributed by atoms with van der Waals surface area (Å²) in [6.45, 7) is 5.21. The topological polar surface area (TPSA) is 29.1 Å². The van der Waals surface area contributed by atoms with Gasteiger partial charge >= 0.3 is 0 Å². The first-order valence-electron chi connectivity index (χ1n) is 6.62. The summed E-state index contributed by atoms with van der Waals surface area (Å²) >= 11 is 0.